The number of ether oxygens (including phenoxy) is 1. The quantitative estimate of drug-likeness (QED) is 0.599. The van der Waals surface area contributed by atoms with E-state index < -0.39 is 0 Å². The summed E-state index contributed by atoms with van der Waals surface area (Å²) in [6, 6.07) is 8.80. The molecule has 0 aliphatic carbocycles. The van der Waals surface area contributed by atoms with E-state index in [1.54, 1.807) is 7.11 Å². The molecule has 1 aliphatic heterocycles. The Morgan fingerprint density at radius 1 is 1.22 bits per heavy atom. The monoisotopic (exact) mass is 318 g/mol. The Bertz CT molecular complexity index is 480. The van der Waals surface area contributed by atoms with Crippen LogP contribution >= 0.6 is 0 Å². The topological polar surface area (TPSA) is 48.9 Å². The molecule has 0 radical (unpaired) electrons. The molecule has 5 heteroatoms. The smallest absolute Gasteiger partial charge is 0.191 e. The third-order valence-electron chi connectivity index (χ3n) is 4.31. The average Bonchev–Trinajstić information content (AvgIpc) is 3.12. The standard InChI is InChI=1S/C18H30N4O/c1-4-11-20-18(19-2)21-14-17(22-12-5-6-13-22)15-7-9-16(23-3)10-8-15/h7-10,17H,4-6,11-14H2,1-3H3,(H2,19,20,21). The number of nitrogens with zero attached hydrogens (tertiary/aromatic N) is 2. The lowest BCUT2D eigenvalue weighted by Gasteiger charge is -2.29. The summed E-state index contributed by atoms with van der Waals surface area (Å²) in [7, 11) is 3.53. The van der Waals surface area contributed by atoms with Crippen molar-refractivity contribution in [3.63, 3.8) is 0 Å². The number of hydrogen-bond donors (Lipinski definition) is 2. The zero-order chi connectivity index (χ0) is 16.5. The number of hydrogen-bond acceptors (Lipinski definition) is 3. The second-order valence-electron chi connectivity index (χ2n) is 5.91. The summed E-state index contributed by atoms with van der Waals surface area (Å²) in [5.41, 5.74) is 1.33. The van der Waals surface area contributed by atoms with Gasteiger partial charge in [-0.25, -0.2) is 0 Å². The van der Waals surface area contributed by atoms with E-state index in [1.807, 2.05) is 19.2 Å². The summed E-state index contributed by atoms with van der Waals surface area (Å²) in [5.74, 6) is 1.78. The van der Waals surface area contributed by atoms with Crippen molar-refractivity contribution in [3.05, 3.63) is 29.8 Å². The summed E-state index contributed by atoms with van der Waals surface area (Å²) < 4.78 is 5.28. The molecule has 2 N–H and O–H groups in total. The van der Waals surface area contributed by atoms with Gasteiger partial charge >= 0.3 is 0 Å². The van der Waals surface area contributed by atoms with Crippen LogP contribution in [0.1, 0.15) is 37.8 Å². The van der Waals surface area contributed by atoms with E-state index in [9.17, 15) is 0 Å². The lowest BCUT2D eigenvalue weighted by molar-refractivity contribution is 0.245. The van der Waals surface area contributed by atoms with Crippen molar-refractivity contribution in [2.24, 2.45) is 4.99 Å². The molecule has 1 aromatic carbocycles. The Labute approximate surface area is 140 Å². The van der Waals surface area contributed by atoms with Crippen molar-refractivity contribution in [2.75, 3.05) is 40.3 Å². The number of nitrogens with one attached hydrogen (secondary N) is 2. The van der Waals surface area contributed by atoms with Gasteiger partial charge in [0.15, 0.2) is 5.96 Å². The minimum absolute atomic E-state index is 0.364. The van der Waals surface area contributed by atoms with Gasteiger partial charge in [0, 0.05) is 20.1 Å². The summed E-state index contributed by atoms with van der Waals surface area (Å²) in [5, 5.41) is 6.81. The van der Waals surface area contributed by atoms with Crippen LogP contribution in [0.4, 0.5) is 0 Å². The van der Waals surface area contributed by atoms with Crippen LogP contribution in [0.3, 0.4) is 0 Å². The van der Waals surface area contributed by atoms with Gasteiger partial charge in [0.05, 0.1) is 13.2 Å². The van der Waals surface area contributed by atoms with Gasteiger partial charge in [-0.15, -0.1) is 0 Å². The molecule has 5 nitrogen and oxygen atoms in total. The summed E-state index contributed by atoms with van der Waals surface area (Å²) in [6.45, 7) is 6.29. The maximum Gasteiger partial charge on any atom is 0.191 e. The molecular weight excluding hydrogens is 288 g/mol. The molecule has 1 atom stereocenters. The molecule has 1 aromatic rings. The van der Waals surface area contributed by atoms with Crippen LogP contribution in [0, 0.1) is 0 Å². The summed E-state index contributed by atoms with van der Waals surface area (Å²) >= 11 is 0. The summed E-state index contributed by atoms with van der Waals surface area (Å²) in [4.78, 5) is 6.86. The van der Waals surface area contributed by atoms with Crippen LogP contribution in [-0.4, -0.2) is 51.2 Å². The first-order valence-corrected chi connectivity index (χ1v) is 8.61. The van der Waals surface area contributed by atoms with E-state index in [-0.39, 0.29) is 0 Å². The van der Waals surface area contributed by atoms with Crippen LogP contribution in [0.15, 0.2) is 29.3 Å². The number of likely N-dealkylation sites (tertiary alicyclic amines) is 1. The highest BCUT2D eigenvalue weighted by Gasteiger charge is 2.23. The molecule has 23 heavy (non-hydrogen) atoms. The van der Waals surface area contributed by atoms with Gasteiger partial charge in [-0.2, -0.15) is 0 Å². The molecule has 1 heterocycles. The maximum atomic E-state index is 5.28. The fraction of sp³-hybridized carbons (Fsp3) is 0.611. The number of guanidine groups is 1. The fourth-order valence-electron chi connectivity index (χ4n) is 2.99. The molecule has 1 saturated heterocycles. The lowest BCUT2D eigenvalue weighted by Crippen LogP contribution is -2.42. The van der Waals surface area contributed by atoms with Crippen LogP contribution in [0.25, 0.3) is 0 Å². The Morgan fingerprint density at radius 3 is 2.48 bits per heavy atom. The average molecular weight is 318 g/mol. The number of aliphatic imine (C=N–C) groups is 1. The fourth-order valence-corrected chi connectivity index (χ4v) is 2.99. The highest BCUT2D eigenvalue weighted by molar-refractivity contribution is 5.79. The second-order valence-corrected chi connectivity index (χ2v) is 5.91. The molecule has 0 amide bonds. The predicted octanol–water partition coefficient (Wildman–Crippen LogP) is 2.41. The Hall–Kier alpha value is -1.75. The highest BCUT2D eigenvalue weighted by Crippen LogP contribution is 2.26. The highest BCUT2D eigenvalue weighted by atomic mass is 16.5. The Kier molecular flexibility index (Phi) is 7.20. The number of benzene rings is 1. The van der Waals surface area contributed by atoms with Crippen molar-refractivity contribution in [1.29, 1.82) is 0 Å². The van der Waals surface area contributed by atoms with Crippen LogP contribution in [0.5, 0.6) is 5.75 Å². The van der Waals surface area contributed by atoms with E-state index in [1.165, 1.54) is 31.5 Å². The predicted molar refractivity (Wildman–Crippen MR) is 96.2 cm³/mol. The normalized spacial score (nSPS) is 17.1. The van der Waals surface area contributed by atoms with Crippen molar-refractivity contribution in [2.45, 2.75) is 32.2 Å². The van der Waals surface area contributed by atoms with E-state index in [0.717, 1.165) is 31.2 Å². The third kappa shape index (κ3) is 5.13. The van der Waals surface area contributed by atoms with Gasteiger partial charge in [0.2, 0.25) is 0 Å². The SMILES string of the molecule is CCCNC(=NC)NCC(c1ccc(OC)cc1)N1CCCC1. The van der Waals surface area contributed by atoms with Crippen LogP contribution in [-0.2, 0) is 0 Å². The first-order valence-electron chi connectivity index (χ1n) is 8.61. The van der Waals surface area contributed by atoms with E-state index in [0.29, 0.717) is 6.04 Å². The molecule has 0 spiro atoms. The largest absolute Gasteiger partial charge is 0.497 e. The Balaban J connectivity index is 2.04. The Morgan fingerprint density at radius 2 is 1.91 bits per heavy atom. The van der Waals surface area contributed by atoms with Crippen LogP contribution in [0.2, 0.25) is 0 Å². The summed E-state index contributed by atoms with van der Waals surface area (Å²) in [6.07, 6.45) is 3.67. The van der Waals surface area contributed by atoms with E-state index >= 15 is 0 Å². The lowest BCUT2D eigenvalue weighted by atomic mass is 10.1. The minimum atomic E-state index is 0.364. The first kappa shape index (κ1) is 17.6. The molecule has 1 unspecified atom stereocenters. The molecular formula is C18H30N4O. The van der Waals surface area contributed by atoms with Crippen molar-refractivity contribution in [1.82, 2.24) is 15.5 Å². The van der Waals surface area contributed by atoms with Gasteiger partial charge in [-0.05, 0) is 50.0 Å². The molecule has 2 rings (SSSR count). The van der Waals surface area contributed by atoms with Gasteiger partial charge in [0.25, 0.3) is 0 Å². The van der Waals surface area contributed by atoms with Crippen molar-refractivity contribution < 1.29 is 4.74 Å². The van der Waals surface area contributed by atoms with Gasteiger partial charge in [0.1, 0.15) is 5.75 Å². The van der Waals surface area contributed by atoms with Crippen LogP contribution < -0.4 is 15.4 Å². The van der Waals surface area contributed by atoms with Crippen molar-refractivity contribution >= 4 is 5.96 Å². The molecule has 1 aliphatic rings. The number of methoxy groups -OCH3 is 1. The zero-order valence-electron chi connectivity index (χ0n) is 14.6. The first-order chi connectivity index (χ1) is 11.3. The van der Waals surface area contributed by atoms with Crippen molar-refractivity contribution in [3.8, 4) is 5.75 Å². The molecule has 128 valence electrons. The van der Waals surface area contributed by atoms with E-state index in [2.05, 4.69) is 39.6 Å². The van der Waals surface area contributed by atoms with Gasteiger partial charge in [-0.1, -0.05) is 19.1 Å². The maximum absolute atomic E-state index is 5.28. The molecule has 0 bridgehead atoms. The van der Waals surface area contributed by atoms with Gasteiger partial charge < -0.3 is 15.4 Å². The second kappa shape index (κ2) is 9.40. The van der Waals surface area contributed by atoms with E-state index in [4.69, 9.17) is 4.74 Å². The molecule has 1 fully saturated rings. The molecule has 0 aromatic heterocycles. The van der Waals surface area contributed by atoms with Gasteiger partial charge in [-0.3, -0.25) is 9.89 Å². The zero-order valence-corrected chi connectivity index (χ0v) is 14.6. The molecule has 0 saturated carbocycles. The minimum Gasteiger partial charge on any atom is -0.497 e. The number of rotatable bonds is 7. The third-order valence-corrected chi connectivity index (χ3v) is 4.31.